The minimum Gasteiger partial charge on any atom is -0.487 e. The summed E-state index contributed by atoms with van der Waals surface area (Å²) in [4.78, 5) is 0. The highest BCUT2D eigenvalue weighted by atomic mass is 127. The number of allylic oxidation sites excluding steroid dienone is 1. The van der Waals surface area contributed by atoms with E-state index in [0.717, 1.165) is 35.3 Å². The maximum absolute atomic E-state index is 9.73. The van der Waals surface area contributed by atoms with Crippen LogP contribution in [0.15, 0.2) is 47.9 Å². The quantitative estimate of drug-likeness (QED) is 0.372. The van der Waals surface area contributed by atoms with Gasteiger partial charge in [-0.1, -0.05) is 23.7 Å². The van der Waals surface area contributed by atoms with Gasteiger partial charge in [-0.05, 0) is 87.5 Å². The molecule has 3 N–H and O–H groups in total. The summed E-state index contributed by atoms with van der Waals surface area (Å²) in [7, 11) is 0. The number of ether oxygens (including phenoxy) is 2. The predicted molar refractivity (Wildman–Crippen MR) is 130 cm³/mol. The number of rotatable bonds is 4. The number of nitrogens with two attached hydrogens (primary N) is 1. The number of fused-ring (bicyclic) bond motifs is 1. The van der Waals surface area contributed by atoms with E-state index >= 15 is 0 Å². The Bertz CT molecular complexity index is 1180. The molecule has 0 saturated carbocycles. The molecule has 1 aliphatic heterocycles. The maximum atomic E-state index is 9.73. The van der Waals surface area contributed by atoms with Crippen molar-refractivity contribution < 1.29 is 9.47 Å². The van der Waals surface area contributed by atoms with E-state index in [1.807, 2.05) is 43.3 Å². The molecular formula is C21H15ClI2N4O2. The number of nitrogens with one attached hydrogen (secondary N) is 1. The minimum atomic E-state index is -0.357. The van der Waals surface area contributed by atoms with Crippen LogP contribution in [0.25, 0.3) is 0 Å². The largest absolute Gasteiger partial charge is 0.487 e. The molecule has 0 bridgehead atoms. The highest BCUT2D eigenvalue weighted by Crippen LogP contribution is 2.44. The zero-order chi connectivity index (χ0) is 21.4. The molecule has 2 heterocycles. The van der Waals surface area contributed by atoms with Gasteiger partial charge in [0.2, 0.25) is 11.8 Å². The van der Waals surface area contributed by atoms with Crippen LogP contribution in [-0.4, -0.2) is 10.2 Å². The van der Waals surface area contributed by atoms with Gasteiger partial charge in [0.15, 0.2) is 0 Å². The van der Waals surface area contributed by atoms with Crippen LogP contribution in [0.1, 0.15) is 28.3 Å². The van der Waals surface area contributed by atoms with E-state index in [-0.39, 0.29) is 11.8 Å². The first kappa shape index (κ1) is 21.3. The minimum absolute atomic E-state index is 0.0783. The van der Waals surface area contributed by atoms with Gasteiger partial charge in [-0.15, -0.1) is 5.10 Å². The fourth-order valence-corrected chi connectivity index (χ4v) is 5.61. The summed E-state index contributed by atoms with van der Waals surface area (Å²) in [5, 5.41) is 17.5. The van der Waals surface area contributed by atoms with Gasteiger partial charge in [0, 0.05) is 16.3 Å². The summed E-state index contributed by atoms with van der Waals surface area (Å²) >= 11 is 10.5. The van der Waals surface area contributed by atoms with Gasteiger partial charge in [0.05, 0.1) is 13.1 Å². The Kier molecular flexibility index (Phi) is 6.13. The molecule has 1 atom stereocenters. The molecule has 0 spiro atoms. The molecule has 1 aromatic heterocycles. The molecule has 0 radical (unpaired) electrons. The van der Waals surface area contributed by atoms with Crippen molar-refractivity contribution in [2.75, 3.05) is 0 Å². The number of nitriles is 1. The molecule has 30 heavy (non-hydrogen) atoms. The van der Waals surface area contributed by atoms with Gasteiger partial charge < -0.3 is 15.2 Å². The number of nitrogens with zero attached hydrogens (tertiary/aromatic N) is 2. The van der Waals surface area contributed by atoms with Crippen LogP contribution in [-0.2, 0) is 6.61 Å². The molecule has 152 valence electrons. The van der Waals surface area contributed by atoms with Gasteiger partial charge in [-0.3, -0.25) is 5.10 Å². The second-order valence-corrected chi connectivity index (χ2v) is 9.48. The number of aromatic amines is 1. The van der Waals surface area contributed by atoms with E-state index in [0.29, 0.717) is 23.1 Å². The van der Waals surface area contributed by atoms with Crippen molar-refractivity contribution in [1.29, 1.82) is 5.26 Å². The Hall–Kier alpha value is -1.97. The standard InChI is InChI=1S/C21H15ClI2N4O2/c1-10-17-18(14(8-25)20(26)30-21(17)28-27-10)12-6-15(23)19(16(24)7-12)29-9-11-2-4-13(22)5-3-11/h2-7,18H,9,26H2,1H3,(H,27,28)/t18-/m1/s1. The van der Waals surface area contributed by atoms with Crippen LogP contribution in [0.4, 0.5) is 0 Å². The van der Waals surface area contributed by atoms with E-state index < -0.39 is 0 Å². The van der Waals surface area contributed by atoms with E-state index in [2.05, 4.69) is 61.4 Å². The van der Waals surface area contributed by atoms with Gasteiger partial charge in [0.1, 0.15) is 24.0 Å². The van der Waals surface area contributed by atoms with E-state index in [9.17, 15) is 5.26 Å². The van der Waals surface area contributed by atoms with Crippen LogP contribution in [0.2, 0.25) is 5.02 Å². The fraction of sp³-hybridized carbons (Fsp3) is 0.143. The summed E-state index contributed by atoms with van der Waals surface area (Å²) < 4.78 is 13.5. The first-order valence-electron chi connectivity index (χ1n) is 8.87. The molecule has 0 aliphatic carbocycles. The Morgan fingerprint density at radius 3 is 2.57 bits per heavy atom. The van der Waals surface area contributed by atoms with Crippen molar-refractivity contribution in [2.45, 2.75) is 19.4 Å². The fourth-order valence-electron chi connectivity index (χ4n) is 3.35. The second kappa shape index (κ2) is 8.64. The van der Waals surface area contributed by atoms with Crippen LogP contribution >= 0.6 is 56.8 Å². The number of halogens is 3. The van der Waals surface area contributed by atoms with Crippen LogP contribution in [0, 0.1) is 25.4 Å². The van der Waals surface area contributed by atoms with Gasteiger partial charge in [-0.25, -0.2) is 0 Å². The lowest BCUT2D eigenvalue weighted by atomic mass is 9.84. The average Bonchev–Trinajstić information content (AvgIpc) is 3.07. The van der Waals surface area contributed by atoms with E-state index in [1.165, 1.54) is 0 Å². The lowest BCUT2D eigenvalue weighted by molar-refractivity contribution is 0.301. The van der Waals surface area contributed by atoms with Gasteiger partial charge >= 0.3 is 0 Å². The SMILES string of the molecule is Cc1[nH]nc2c1[C@H](c1cc(I)c(OCc3ccc(Cl)cc3)c(I)c1)C(C#N)=C(N)O2. The highest BCUT2D eigenvalue weighted by Gasteiger charge is 2.34. The van der Waals surface area contributed by atoms with Crippen molar-refractivity contribution in [1.82, 2.24) is 10.2 Å². The molecule has 9 heteroatoms. The van der Waals surface area contributed by atoms with Crippen molar-refractivity contribution in [2.24, 2.45) is 5.73 Å². The number of benzene rings is 2. The molecule has 0 unspecified atom stereocenters. The molecule has 1 aliphatic rings. The normalized spacial score (nSPS) is 15.4. The van der Waals surface area contributed by atoms with Crippen LogP contribution in [0.5, 0.6) is 11.6 Å². The number of aryl methyl sites for hydroxylation is 1. The number of aromatic nitrogens is 2. The monoisotopic (exact) mass is 644 g/mol. The maximum Gasteiger partial charge on any atom is 0.244 e. The molecule has 0 amide bonds. The lowest BCUT2D eigenvalue weighted by Gasteiger charge is -2.24. The number of H-pyrrole nitrogens is 1. The molecule has 2 aromatic carbocycles. The molecule has 0 fully saturated rings. The van der Waals surface area contributed by atoms with E-state index in [1.54, 1.807) is 0 Å². The number of hydrogen-bond donors (Lipinski definition) is 2. The van der Waals surface area contributed by atoms with Crippen molar-refractivity contribution in [3.8, 4) is 17.7 Å². The molecule has 6 nitrogen and oxygen atoms in total. The summed E-state index contributed by atoms with van der Waals surface area (Å²) in [5.74, 6) is 0.920. The zero-order valence-electron chi connectivity index (χ0n) is 15.7. The molecule has 4 rings (SSSR count). The Balaban J connectivity index is 1.70. The Morgan fingerprint density at radius 1 is 1.27 bits per heavy atom. The third kappa shape index (κ3) is 3.98. The van der Waals surface area contributed by atoms with Crippen molar-refractivity contribution >= 4 is 56.8 Å². The molecule has 3 aromatic rings. The average molecular weight is 645 g/mol. The Labute approximate surface area is 205 Å². The molecular weight excluding hydrogens is 630 g/mol. The van der Waals surface area contributed by atoms with Crippen molar-refractivity contribution in [3.05, 3.63) is 82.4 Å². The summed E-state index contributed by atoms with van der Waals surface area (Å²) in [6.45, 7) is 2.33. The summed E-state index contributed by atoms with van der Waals surface area (Å²) in [6.07, 6.45) is 0. The van der Waals surface area contributed by atoms with Crippen LogP contribution < -0.4 is 15.2 Å². The first-order chi connectivity index (χ1) is 14.4. The van der Waals surface area contributed by atoms with E-state index in [4.69, 9.17) is 26.8 Å². The smallest absolute Gasteiger partial charge is 0.244 e. The van der Waals surface area contributed by atoms with Crippen LogP contribution in [0.3, 0.4) is 0 Å². The Morgan fingerprint density at radius 2 is 1.93 bits per heavy atom. The van der Waals surface area contributed by atoms with Gasteiger partial charge in [0.25, 0.3) is 0 Å². The summed E-state index contributed by atoms with van der Waals surface area (Å²) in [5.41, 5.74) is 10.00. The highest BCUT2D eigenvalue weighted by molar-refractivity contribution is 14.1. The first-order valence-corrected chi connectivity index (χ1v) is 11.4. The predicted octanol–water partition coefficient (Wildman–Crippen LogP) is 5.38. The third-order valence-electron chi connectivity index (χ3n) is 4.78. The summed E-state index contributed by atoms with van der Waals surface area (Å²) in [6, 6.07) is 13.8. The van der Waals surface area contributed by atoms with Crippen molar-refractivity contribution in [3.63, 3.8) is 0 Å². The zero-order valence-corrected chi connectivity index (χ0v) is 20.7. The third-order valence-corrected chi connectivity index (χ3v) is 6.63. The lowest BCUT2D eigenvalue weighted by Crippen LogP contribution is -2.21. The topological polar surface area (TPSA) is 97.0 Å². The van der Waals surface area contributed by atoms with Gasteiger partial charge in [-0.2, -0.15) is 5.26 Å². The number of hydrogen-bond acceptors (Lipinski definition) is 5. The molecule has 0 saturated heterocycles. The second-order valence-electron chi connectivity index (χ2n) is 6.72.